The van der Waals surface area contributed by atoms with Crippen LogP contribution in [0.15, 0.2) is 164 Å². The molecule has 0 radical (unpaired) electrons. The normalized spacial score (nSPS) is 15.7. The van der Waals surface area contributed by atoms with E-state index in [1.807, 2.05) is 66.7 Å². The Kier molecular flexibility index (Phi) is 5.02. The average molecular weight is 694 g/mol. The maximum atomic E-state index is 9.00. The lowest BCUT2D eigenvalue weighted by molar-refractivity contribution is 0.661. The molecule has 4 heteroatoms. The van der Waals surface area contributed by atoms with Crippen molar-refractivity contribution in [1.29, 1.82) is 0 Å². The molecular formula is C48H33N3S. The summed E-state index contributed by atoms with van der Waals surface area (Å²) in [6.45, 7) is 4.42. The second kappa shape index (κ2) is 11.9. The summed E-state index contributed by atoms with van der Waals surface area (Å²) in [4.78, 5) is 15.5. The van der Waals surface area contributed by atoms with Gasteiger partial charge in [0.2, 0.25) is 0 Å². The predicted molar refractivity (Wildman–Crippen MR) is 217 cm³/mol. The van der Waals surface area contributed by atoms with Crippen molar-refractivity contribution in [2.75, 3.05) is 0 Å². The van der Waals surface area contributed by atoms with Crippen molar-refractivity contribution in [2.45, 2.75) is 19.3 Å². The highest BCUT2D eigenvalue weighted by atomic mass is 32.1. The molecule has 0 saturated heterocycles. The predicted octanol–water partition coefficient (Wildman–Crippen LogP) is 12.9. The summed E-state index contributed by atoms with van der Waals surface area (Å²) in [7, 11) is 0. The summed E-state index contributed by atoms with van der Waals surface area (Å²) in [5.41, 5.74) is 6.79. The van der Waals surface area contributed by atoms with Crippen LogP contribution >= 0.6 is 11.3 Å². The number of hydrogen-bond acceptors (Lipinski definition) is 4. The van der Waals surface area contributed by atoms with Gasteiger partial charge in [-0.05, 0) is 57.1 Å². The van der Waals surface area contributed by atoms with E-state index in [1.165, 1.54) is 16.9 Å². The summed E-state index contributed by atoms with van der Waals surface area (Å²) in [5.74, 6) is 1.29. The van der Waals surface area contributed by atoms with Crippen molar-refractivity contribution in [1.82, 2.24) is 15.0 Å². The molecule has 0 saturated carbocycles. The fourth-order valence-corrected chi connectivity index (χ4v) is 8.82. The minimum Gasteiger partial charge on any atom is -0.208 e. The third-order valence-corrected chi connectivity index (χ3v) is 11.1. The molecule has 0 aliphatic heterocycles. The van der Waals surface area contributed by atoms with Gasteiger partial charge in [-0.25, -0.2) is 15.0 Å². The molecule has 52 heavy (non-hydrogen) atoms. The number of aromatic nitrogens is 3. The molecule has 2 heterocycles. The fourth-order valence-electron chi connectivity index (χ4n) is 7.59. The lowest BCUT2D eigenvalue weighted by atomic mass is 9.80. The Bertz CT molecular complexity index is 3340. The Morgan fingerprint density at radius 1 is 0.500 bits per heavy atom. The van der Waals surface area contributed by atoms with Gasteiger partial charge in [0, 0.05) is 47.8 Å². The van der Waals surface area contributed by atoms with Gasteiger partial charge < -0.3 is 0 Å². The largest absolute Gasteiger partial charge is 0.208 e. The summed E-state index contributed by atoms with van der Waals surface area (Å²) in [6.07, 6.45) is 0. The van der Waals surface area contributed by atoms with E-state index in [4.69, 9.17) is 28.7 Å². The van der Waals surface area contributed by atoms with Crippen LogP contribution in [0.2, 0.25) is 0 Å². The van der Waals surface area contributed by atoms with Gasteiger partial charge in [-0.3, -0.25) is 0 Å². The van der Waals surface area contributed by atoms with E-state index in [-0.39, 0.29) is 27.7 Å². The maximum Gasteiger partial charge on any atom is 0.164 e. The molecule has 1 aliphatic rings. The maximum absolute atomic E-state index is 9.00. The van der Waals surface area contributed by atoms with Crippen LogP contribution in [0, 0.1) is 0 Å². The number of benzene rings is 7. The van der Waals surface area contributed by atoms with Crippen LogP contribution in [-0.4, -0.2) is 15.0 Å². The van der Waals surface area contributed by atoms with Crippen molar-refractivity contribution in [3.8, 4) is 67.5 Å². The molecule has 7 aromatic carbocycles. The lowest BCUT2D eigenvalue weighted by Gasteiger charge is -2.24. The minimum atomic E-state index is -0.546. The van der Waals surface area contributed by atoms with Crippen molar-refractivity contribution in [2.24, 2.45) is 0 Å². The molecule has 0 fully saturated rings. The summed E-state index contributed by atoms with van der Waals surface area (Å²) in [6, 6.07) is 28.4. The summed E-state index contributed by atoms with van der Waals surface area (Å²) >= 11 is 1.35. The van der Waals surface area contributed by atoms with E-state index < -0.39 is 60.4 Å². The van der Waals surface area contributed by atoms with Gasteiger partial charge in [-0.15, -0.1) is 11.3 Å². The van der Waals surface area contributed by atoms with Crippen molar-refractivity contribution in [3.05, 3.63) is 175 Å². The molecule has 10 rings (SSSR count). The Hall–Kier alpha value is -6.23. The Balaban J connectivity index is 1.31. The smallest absolute Gasteiger partial charge is 0.164 e. The van der Waals surface area contributed by atoms with Crippen LogP contribution in [0.1, 0.15) is 38.7 Å². The molecule has 2 aromatic heterocycles. The molecule has 0 bridgehead atoms. The molecule has 3 nitrogen and oxygen atoms in total. The van der Waals surface area contributed by atoms with E-state index in [1.54, 1.807) is 12.1 Å². The van der Waals surface area contributed by atoms with E-state index in [0.717, 1.165) is 32.5 Å². The van der Waals surface area contributed by atoms with Gasteiger partial charge >= 0.3 is 0 Å². The van der Waals surface area contributed by atoms with Gasteiger partial charge in [0.25, 0.3) is 0 Å². The first kappa shape index (κ1) is 21.9. The van der Waals surface area contributed by atoms with Gasteiger partial charge in [-0.2, -0.15) is 0 Å². The molecule has 0 N–H and O–H groups in total. The molecule has 0 atom stereocenters. The molecule has 246 valence electrons. The monoisotopic (exact) mass is 693 g/mol. The number of thiophene rings is 1. The van der Waals surface area contributed by atoms with E-state index in [9.17, 15) is 0 Å². The number of nitrogens with zero attached hydrogens (tertiary/aromatic N) is 3. The Labute approximate surface area is 321 Å². The quantitative estimate of drug-likeness (QED) is 0.180. The lowest BCUT2D eigenvalue weighted by Crippen LogP contribution is -2.17. The summed E-state index contributed by atoms with van der Waals surface area (Å²) < 4.78 is 87.8. The third kappa shape index (κ3) is 4.83. The third-order valence-electron chi connectivity index (χ3n) is 9.88. The highest BCUT2D eigenvalue weighted by Crippen LogP contribution is 2.52. The highest BCUT2D eigenvalue weighted by Gasteiger charge is 2.38. The Morgan fingerprint density at radius 3 is 1.90 bits per heavy atom. The zero-order chi connectivity index (χ0) is 43.5. The first-order valence-electron chi connectivity index (χ1n) is 21.9. The Morgan fingerprint density at radius 2 is 1.12 bits per heavy atom. The van der Waals surface area contributed by atoms with Gasteiger partial charge in [0.05, 0.1) is 13.7 Å². The molecule has 0 unspecified atom stereocenters. The molecule has 9 aromatic rings. The zero-order valence-electron chi connectivity index (χ0n) is 38.1. The fraction of sp³-hybridized carbons (Fsp3) is 0.0625. The van der Waals surface area contributed by atoms with Crippen LogP contribution in [0.5, 0.6) is 0 Å². The SMILES string of the molecule is [2H]c1c([2H])c([2H])c(-c2cc(-c3c([2H])c([2H])c([2H])c([2H])c3[2H])c3sc4cccc(-c5nc(-c6ccccc6)nc(-c6cccc7c6C(C)(C)c6ccccc6-7)n5)c4c3c2)c([2H])c1[2H]. The highest BCUT2D eigenvalue weighted by molar-refractivity contribution is 7.26. The van der Waals surface area contributed by atoms with Gasteiger partial charge in [0.15, 0.2) is 17.5 Å². The topological polar surface area (TPSA) is 38.7 Å². The average Bonchev–Trinajstić information content (AvgIpc) is 3.78. The number of hydrogen-bond donors (Lipinski definition) is 0. The van der Waals surface area contributed by atoms with Gasteiger partial charge in [0.1, 0.15) is 0 Å². The first-order chi connectivity index (χ1) is 29.7. The number of fused-ring (bicyclic) bond motifs is 6. The van der Waals surface area contributed by atoms with Crippen LogP contribution in [0.3, 0.4) is 0 Å². The van der Waals surface area contributed by atoms with Crippen LogP contribution in [0.4, 0.5) is 0 Å². The molecule has 1 aliphatic carbocycles. The number of rotatable bonds is 5. The second-order valence-electron chi connectivity index (χ2n) is 13.3. The molecular weight excluding hydrogens is 651 g/mol. The van der Waals surface area contributed by atoms with Crippen LogP contribution < -0.4 is 0 Å². The minimum absolute atomic E-state index is 0.0707. The van der Waals surface area contributed by atoms with Crippen molar-refractivity contribution < 1.29 is 13.7 Å². The zero-order valence-corrected chi connectivity index (χ0v) is 28.9. The van der Waals surface area contributed by atoms with Crippen molar-refractivity contribution in [3.63, 3.8) is 0 Å². The van der Waals surface area contributed by atoms with Crippen LogP contribution in [0.25, 0.3) is 87.7 Å². The van der Waals surface area contributed by atoms with Crippen LogP contribution in [-0.2, 0) is 5.41 Å². The second-order valence-corrected chi connectivity index (χ2v) is 14.3. The van der Waals surface area contributed by atoms with E-state index in [0.29, 0.717) is 38.5 Å². The first-order valence-corrected chi connectivity index (χ1v) is 17.7. The van der Waals surface area contributed by atoms with Gasteiger partial charge in [-0.1, -0.05) is 159 Å². The van der Waals surface area contributed by atoms with E-state index in [2.05, 4.69) is 38.1 Å². The van der Waals surface area contributed by atoms with E-state index >= 15 is 0 Å². The molecule has 0 amide bonds. The van der Waals surface area contributed by atoms with Crippen molar-refractivity contribution >= 4 is 31.5 Å². The standard InChI is InChI=1S/C48H33N3S/c1-48(2)40-26-13-12-22-34(40)35-23-14-25-37(43(35)48)47-50-45(32-20-10-5-11-21-32)49-46(51-47)36-24-15-27-41-42(36)39-29-33(30-16-6-3-7-17-30)28-38(44(39)52-41)31-18-8-4-9-19-31/h3-29H,1-2H3/i3D,4D,6D,7D,8D,9D,16D,17D,18D,19D. The summed E-state index contributed by atoms with van der Waals surface area (Å²) in [5, 5.41) is 1.24. The molecule has 0 spiro atoms.